The monoisotopic (exact) mass is 430 g/mol. The number of allylic oxidation sites excluding steroid dienone is 4. The molecule has 5 atom stereocenters. The second-order valence-corrected chi connectivity index (χ2v) is 10.1. The fourth-order valence-corrected chi connectivity index (χ4v) is 5.30. The van der Waals surface area contributed by atoms with E-state index in [2.05, 4.69) is 32.9 Å². The lowest BCUT2D eigenvalue weighted by molar-refractivity contribution is -0.236. The first-order chi connectivity index (χ1) is 14.5. The van der Waals surface area contributed by atoms with Crippen molar-refractivity contribution in [3.8, 4) is 0 Å². The Labute approximate surface area is 187 Å². The van der Waals surface area contributed by atoms with Gasteiger partial charge in [0.05, 0.1) is 19.0 Å². The second kappa shape index (κ2) is 9.05. The van der Waals surface area contributed by atoms with Gasteiger partial charge >= 0.3 is 5.97 Å². The van der Waals surface area contributed by atoms with Gasteiger partial charge < -0.3 is 18.9 Å². The zero-order valence-electron chi connectivity index (χ0n) is 20.1. The van der Waals surface area contributed by atoms with Crippen molar-refractivity contribution < 1.29 is 23.7 Å². The van der Waals surface area contributed by atoms with Crippen LogP contribution >= 0.6 is 0 Å². The zero-order valence-corrected chi connectivity index (χ0v) is 20.1. The summed E-state index contributed by atoms with van der Waals surface area (Å²) in [6.07, 6.45) is 13.2. The Balaban J connectivity index is 1.97. The van der Waals surface area contributed by atoms with E-state index in [-0.39, 0.29) is 23.4 Å². The molecule has 0 aromatic heterocycles. The normalized spacial score (nSPS) is 36.5. The second-order valence-electron chi connectivity index (χ2n) is 10.1. The summed E-state index contributed by atoms with van der Waals surface area (Å²) < 4.78 is 24.1. The highest BCUT2D eigenvalue weighted by Crippen LogP contribution is 2.61. The molecule has 5 nitrogen and oxygen atoms in total. The highest BCUT2D eigenvalue weighted by Gasteiger charge is 2.67. The van der Waals surface area contributed by atoms with E-state index in [9.17, 15) is 4.79 Å². The standard InChI is InChI=1S/C26H38O5/c1-18(2)9-8-12-24(5)13-10-20-17-30-22-16-25(6,28-7)31-26(20,22)21(24)11-14-29-23(27)15-19(3)4/h9-11,14-15,21-22H,8,12-13,16-17H2,1-7H3. The first-order valence-corrected chi connectivity index (χ1v) is 11.3. The van der Waals surface area contributed by atoms with E-state index >= 15 is 0 Å². The molecule has 5 unspecified atom stereocenters. The third-order valence-electron chi connectivity index (χ3n) is 6.95. The number of rotatable bonds is 7. The molecule has 0 bridgehead atoms. The van der Waals surface area contributed by atoms with Gasteiger partial charge in [0, 0.05) is 25.5 Å². The van der Waals surface area contributed by atoms with Crippen molar-refractivity contribution in [3.05, 3.63) is 47.3 Å². The fourth-order valence-electron chi connectivity index (χ4n) is 5.30. The van der Waals surface area contributed by atoms with E-state index in [1.165, 1.54) is 17.2 Å². The maximum atomic E-state index is 12.1. The Kier molecular flexibility index (Phi) is 6.99. The average molecular weight is 431 g/mol. The maximum Gasteiger partial charge on any atom is 0.335 e. The summed E-state index contributed by atoms with van der Waals surface area (Å²) in [5.41, 5.74) is 2.75. The third kappa shape index (κ3) is 4.74. The summed E-state index contributed by atoms with van der Waals surface area (Å²) in [4.78, 5) is 12.1. The van der Waals surface area contributed by atoms with Crippen LogP contribution in [0.2, 0.25) is 0 Å². The predicted octanol–water partition coefficient (Wildman–Crippen LogP) is 5.63. The predicted molar refractivity (Wildman–Crippen MR) is 121 cm³/mol. The van der Waals surface area contributed by atoms with Crippen LogP contribution < -0.4 is 0 Å². The Bertz CT molecular complexity index is 814. The molecule has 2 heterocycles. The van der Waals surface area contributed by atoms with Crippen molar-refractivity contribution in [1.82, 2.24) is 0 Å². The minimum Gasteiger partial charge on any atom is -0.432 e. The molecule has 1 aliphatic carbocycles. The number of hydrogen-bond acceptors (Lipinski definition) is 5. The van der Waals surface area contributed by atoms with E-state index in [4.69, 9.17) is 18.9 Å². The van der Waals surface area contributed by atoms with Crippen LogP contribution in [0.3, 0.4) is 0 Å². The van der Waals surface area contributed by atoms with Crippen LogP contribution in [0.25, 0.3) is 0 Å². The molecule has 0 saturated carbocycles. The molecule has 2 aliphatic heterocycles. The van der Waals surface area contributed by atoms with Gasteiger partial charge in [-0.1, -0.05) is 30.2 Å². The van der Waals surface area contributed by atoms with E-state index in [0.717, 1.165) is 24.8 Å². The average Bonchev–Trinajstić information content (AvgIpc) is 3.14. The minimum absolute atomic E-state index is 0.00506. The number of carbonyl (C=O) groups excluding carboxylic acids is 1. The number of hydrogen-bond donors (Lipinski definition) is 0. The number of carbonyl (C=O) groups is 1. The zero-order chi connectivity index (χ0) is 22.9. The Morgan fingerprint density at radius 2 is 1.97 bits per heavy atom. The lowest BCUT2D eigenvalue weighted by atomic mass is 9.58. The van der Waals surface area contributed by atoms with Crippen molar-refractivity contribution >= 4 is 5.97 Å². The van der Waals surface area contributed by atoms with Gasteiger partial charge in [0.25, 0.3) is 0 Å². The van der Waals surface area contributed by atoms with Crippen molar-refractivity contribution in [2.75, 3.05) is 13.7 Å². The highest BCUT2D eigenvalue weighted by molar-refractivity contribution is 5.83. The molecule has 31 heavy (non-hydrogen) atoms. The molecule has 0 amide bonds. The summed E-state index contributed by atoms with van der Waals surface area (Å²) in [5, 5.41) is 0. The lowest BCUT2D eigenvalue weighted by Crippen LogP contribution is -2.53. The molecule has 0 aromatic carbocycles. The number of ether oxygens (including phenoxy) is 4. The molecular weight excluding hydrogens is 392 g/mol. The van der Waals surface area contributed by atoms with Gasteiger partial charge in [0.15, 0.2) is 5.79 Å². The summed E-state index contributed by atoms with van der Waals surface area (Å²) >= 11 is 0. The SMILES string of the molecule is COC1(C)CC2OCC3=CCC(C)(CCC=C(C)C)C(C=COC(=O)C=C(C)C)C32O1. The molecular formula is C26H38O5. The molecule has 172 valence electrons. The van der Waals surface area contributed by atoms with Crippen LogP contribution in [0.1, 0.15) is 67.2 Å². The van der Waals surface area contributed by atoms with Gasteiger partial charge in [0.1, 0.15) is 5.60 Å². The van der Waals surface area contributed by atoms with E-state index in [1.54, 1.807) is 13.4 Å². The lowest BCUT2D eigenvalue weighted by Gasteiger charge is -2.49. The summed E-state index contributed by atoms with van der Waals surface area (Å²) in [6.45, 7) is 12.9. The summed E-state index contributed by atoms with van der Waals surface area (Å²) in [7, 11) is 1.68. The van der Waals surface area contributed by atoms with Gasteiger partial charge in [-0.15, -0.1) is 0 Å². The Morgan fingerprint density at radius 3 is 2.61 bits per heavy atom. The molecule has 0 radical (unpaired) electrons. The van der Waals surface area contributed by atoms with Crippen molar-refractivity contribution in [3.63, 3.8) is 0 Å². The summed E-state index contributed by atoms with van der Waals surface area (Å²) in [5.74, 6) is -1.07. The van der Waals surface area contributed by atoms with Crippen molar-refractivity contribution in [2.24, 2.45) is 11.3 Å². The van der Waals surface area contributed by atoms with Crippen LogP contribution in [0.15, 0.2) is 47.3 Å². The van der Waals surface area contributed by atoms with Gasteiger partial charge in [-0.05, 0) is 70.9 Å². The van der Waals surface area contributed by atoms with Crippen molar-refractivity contribution in [1.29, 1.82) is 0 Å². The van der Waals surface area contributed by atoms with Crippen LogP contribution in [-0.4, -0.2) is 37.2 Å². The topological polar surface area (TPSA) is 54.0 Å². The molecule has 3 rings (SSSR count). The minimum atomic E-state index is -0.701. The van der Waals surface area contributed by atoms with Gasteiger partial charge in [-0.25, -0.2) is 4.79 Å². The van der Waals surface area contributed by atoms with Crippen LogP contribution in [-0.2, 0) is 23.7 Å². The van der Waals surface area contributed by atoms with Crippen LogP contribution in [0.4, 0.5) is 0 Å². The molecule has 5 heteroatoms. The van der Waals surface area contributed by atoms with Gasteiger partial charge in [-0.3, -0.25) is 0 Å². The third-order valence-corrected chi connectivity index (χ3v) is 6.95. The van der Waals surface area contributed by atoms with E-state index in [1.807, 2.05) is 26.8 Å². The highest BCUT2D eigenvalue weighted by atomic mass is 16.7. The Hall–Kier alpha value is -1.69. The maximum absolute atomic E-state index is 12.1. The first kappa shape index (κ1) is 24.0. The molecule has 3 aliphatic rings. The quantitative estimate of drug-likeness (QED) is 0.227. The first-order valence-electron chi connectivity index (χ1n) is 11.3. The number of esters is 1. The van der Waals surface area contributed by atoms with E-state index in [0.29, 0.717) is 13.0 Å². The molecule has 2 fully saturated rings. The molecule has 0 N–H and O–H groups in total. The van der Waals surface area contributed by atoms with Crippen LogP contribution in [0, 0.1) is 11.3 Å². The summed E-state index contributed by atoms with van der Waals surface area (Å²) in [6, 6.07) is 0. The fraction of sp³-hybridized carbons (Fsp3) is 0.654. The van der Waals surface area contributed by atoms with Crippen LogP contribution in [0.5, 0.6) is 0 Å². The largest absolute Gasteiger partial charge is 0.432 e. The molecule has 2 saturated heterocycles. The van der Waals surface area contributed by atoms with Gasteiger partial charge in [-0.2, -0.15) is 0 Å². The Morgan fingerprint density at radius 1 is 1.23 bits per heavy atom. The van der Waals surface area contributed by atoms with E-state index < -0.39 is 11.4 Å². The van der Waals surface area contributed by atoms with Gasteiger partial charge in [0.2, 0.25) is 0 Å². The smallest absolute Gasteiger partial charge is 0.335 e. The number of methoxy groups -OCH3 is 1. The molecule has 1 spiro atoms. The van der Waals surface area contributed by atoms with Crippen molar-refractivity contribution in [2.45, 2.75) is 84.7 Å². The molecule has 0 aromatic rings.